The molecule has 0 saturated carbocycles. The van der Waals surface area contributed by atoms with E-state index in [2.05, 4.69) is 38.2 Å². The first-order valence-electron chi connectivity index (χ1n) is 20.1. The standard InChI is InChI=1S/C40H73F2O7P.2Na/c1-3-5-7-9-11-13-15-17-19-21-23-25-27-29-31-33-38(43)48-36-37(35-40(41,42)50(45,46)47)49-39(44)34-32-30-28-26-24-22-20-18-16-14-12-10-8-6-4-2;;/h17-20,37H,3-16,21-36H2,1-2H3,(H2,45,46,47);;/q;2*+1/p-2/b19-17-,20-18-;;/t37-;;/m0../s1. The van der Waals surface area contributed by atoms with Gasteiger partial charge in [0.05, 0.1) is 6.42 Å². The molecule has 0 amide bonds. The van der Waals surface area contributed by atoms with E-state index in [0.717, 1.165) is 77.0 Å². The first-order chi connectivity index (χ1) is 24.0. The summed E-state index contributed by atoms with van der Waals surface area (Å²) in [7, 11) is -6.29. The normalized spacial score (nSPS) is 12.5. The third-order valence-corrected chi connectivity index (χ3v) is 9.87. The summed E-state index contributed by atoms with van der Waals surface area (Å²) in [5, 5.41) is 0. The number of hydrogen-bond acceptors (Lipinski definition) is 7. The van der Waals surface area contributed by atoms with Crippen LogP contribution in [0.4, 0.5) is 8.78 Å². The zero-order chi connectivity index (χ0) is 37.2. The van der Waals surface area contributed by atoms with Crippen LogP contribution in [0.5, 0.6) is 0 Å². The molecule has 0 heterocycles. The van der Waals surface area contributed by atoms with Gasteiger partial charge in [-0.3, -0.25) is 9.59 Å². The number of allylic oxidation sites excluding steroid dienone is 4. The van der Waals surface area contributed by atoms with Gasteiger partial charge in [-0.25, -0.2) is 8.78 Å². The van der Waals surface area contributed by atoms with E-state index in [-0.39, 0.29) is 72.0 Å². The van der Waals surface area contributed by atoms with Gasteiger partial charge in [0.25, 0.3) is 5.66 Å². The molecule has 1 atom stereocenters. The van der Waals surface area contributed by atoms with Gasteiger partial charge >= 0.3 is 71.1 Å². The topological polar surface area (TPSA) is 116 Å². The van der Waals surface area contributed by atoms with Crippen molar-refractivity contribution in [1.29, 1.82) is 0 Å². The molecule has 0 fully saturated rings. The van der Waals surface area contributed by atoms with Crippen LogP contribution in [-0.4, -0.2) is 30.3 Å². The summed E-state index contributed by atoms with van der Waals surface area (Å²) in [6.07, 6.45) is 34.4. The molecule has 294 valence electrons. The van der Waals surface area contributed by atoms with Crippen molar-refractivity contribution >= 4 is 19.5 Å². The Morgan fingerprint density at radius 2 is 0.904 bits per heavy atom. The summed E-state index contributed by atoms with van der Waals surface area (Å²) in [4.78, 5) is 46.7. The van der Waals surface area contributed by atoms with Gasteiger partial charge in [0.1, 0.15) is 12.7 Å². The fourth-order valence-corrected chi connectivity index (χ4v) is 6.13. The van der Waals surface area contributed by atoms with Crippen molar-refractivity contribution in [1.82, 2.24) is 0 Å². The number of unbranched alkanes of at least 4 members (excludes halogenated alkanes) is 22. The smallest absolute Gasteiger partial charge is 0.807 e. The van der Waals surface area contributed by atoms with E-state index in [1.54, 1.807) is 0 Å². The summed E-state index contributed by atoms with van der Waals surface area (Å²) < 4.78 is 49.3. The zero-order valence-corrected chi connectivity index (χ0v) is 38.6. The average molecular weight is 779 g/mol. The van der Waals surface area contributed by atoms with Gasteiger partial charge in [-0.1, -0.05) is 141 Å². The number of hydrogen-bond donors (Lipinski definition) is 0. The number of rotatable bonds is 36. The number of alkyl halides is 2. The Balaban J connectivity index is -0.0000120. The molecule has 0 N–H and O–H groups in total. The van der Waals surface area contributed by atoms with E-state index in [1.165, 1.54) is 77.0 Å². The van der Waals surface area contributed by atoms with Gasteiger partial charge in [0.2, 0.25) is 0 Å². The van der Waals surface area contributed by atoms with Crippen molar-refractivity contribution in [2.45, 2.75) is 212 Å². The third kappa shape index (κ3) is 37.4. The Morgan fingerprint density at radius 1 is 0.577 bits per heavy atom. The SMILES string of the molecule is CCCCCCCC/C=C\CCCCCCCC(=O)OC[C@H](CC(F)(F)P(=O)([O-])[O-])OC(=O)CCCCCCC/C=C\CCCCCCCC.[Na+].[Na+]. The van der Waals surface area contributed by atoms with Crippen LogP contribution in [0.15, 0.2) is 24.3 Å². The van der Waals surface area contributed by atoms with Crippen molar-refractivity contribution in [3.63, 3.8) is 0 Å². The second-order valence-electron chi connectivity index (χ2n) is 13.8. The monoisotopic (exact) mass is 778 g/mol. The summed E-state index contributed by atoms with van der Waals surface area (Å²) >= 11 is 0. The summed E-state index contributed by atoms with van der Waals surface area (Å²) in [6.45, 7) is 3.72. The molecule has 12 heteroatoms. The molecule has 0 aromatic carbocycles. The van der Waals surface area contributed by atoms with E-state index in [4.69, 9.17) is 9.47 Å². The second kappa shape index (κ2) is 39.7. The van der Waals surface area contributed by atoms with E-state index >= 15 is 0 Å². The number of ether oxygens (including phenoxy) is 2. The Morgan fingerprint density at radius 3 is 1.27 bits per heavy atom. The van der Waals surface area contributed by atoms with Crippen LogP contribution < -0.4 is 68.9 Å². The number of carbonyl (C=O) groups is 2. The van der Waals surface area contributed by atoms with Gasteiger partial charge < -0.3 is 23.8 Å². The molecule has 0 rings (SSSR count). The second-order valence-corrected chi connectivity index (χ2v) is 15.5. The van der Waals surface area contributed by atoms with Crippen LogP contribution in [0.1, 0.15) is 200 Å². The van der Waals surface area contributed by atoms with Gasteiger partial charge in [-0.05, 0) is 64.2 Å². The van der Waals surface area contributed by atoms with Crippen molar-refractivity contribution in [2.24, 2.45) is 0 Å². The van der Waals surface area contributed by atoms with Crippen molar-refractivity contribution < 1.29 is 101 Å². The minimum absolute atomic E-state index is 0. The molecular formula is C40H71F2Na2O7P. The van der Waals surface area contributed by atoms with Crippen molar-refractivity contribution in [2.75, 3.05) is 6.61 Å². The molecule has 0 spiro atoms. The van der Waals surface area contributed by atoms with Gasteiger partial charge in [0.15, 0.2) is 0 Å². The summed E-state index contributed by atoms with van der Waals surface area (Å²) in [6, 6.07) is 0. The fraction of sp³-hybridized carbons (Fsp3) is 0.850. The van der Waals surface area contributed by atoms with E-state index in [1.807, 2.05) is 0 Å². The molecular weight excluding hydrogens is 707 g/mol. The number of esters is 2. The van der Waals surface area contributed by atoms with Crippen LogP contribution in [0, 0.1) is 0 Å². The van der Waals surface area contributed by atoms with Gasteiger partial charge in [0, 0.05) is 20.4 Å². The van der Waals surface area contributed by atoms with E-state index < -0.39 is 44.3 Å². The number of carbonyl (C=O) groups excluding carboxylic acids is 2. The third-order valence-electron chi connectivity index (χ3n) is 8.89. The van der Waals surface area contributed by atoms with Crippen molar-refractivity contribution in [3.8, 4) is 0 Å². The molecule has 0 aliphatic heterocycles. The predicted molar refractivity (Wildman–Crippen MR) is 197 cm³/mol. The van der Waals surface area contributed by atoms with Crippen LogP contribution in [-0.2, 0) is 23.6 Å². The summed E-state index contributed by atoms with van der Waals surface area (Å²) in [5.74, 6) is -1.43. The van der Waals surface area contributed by atoms with Crippen LogP contribution in [0.25, 0.3) is 0 Å². The fourth-order valence-electron chi connectivity index (χ4n) is 5.70. The molecule has 0 bridgehead atoms. The van der Waals surface area contributed by atoms with E-state index in [9.17, 15) is 32.7 Å². The first-order valence-corrected chi connectivity index (χ1v) is 21.6. The van der Waals surface area contributed by atoms with Crippen LogP contribution in [0.2, 0.25) is 0 Å². The maximum atomic E-state index is 14.0. The number of halogens is 2. The van der Waals surface area contributed by atoms with Crippen LogP contribution in [0.3, 0.4) is 0 Å². The summed E-state index contributed by atoms with van der Waals surface area (Å²) in [5.41, 5.74) is -4.63. The molecule has 52 heavy (non-hydrogen) atoms. The molecule has 0 radical (unpaired) electrons. The predicted octanol–water partition coefficient (Wildman–Crippen LogP) is 5.42. The largest absolute Gasteiger partial charge is 1.00 e. The van der Waals surface area contributed by atoms with E-state index in [0.29, 0.717) is 12.8 Å². The Bertz CT molecular complexity index is 932. The molecule has 0 aliphatic rings. The Kier molecular flexibility index (Phi) is 43.3. The van der Waals surface area contributed by atoms with Gasteiger partial charge in [-0.15, -0.1) is 0 Å². The van der Waals surface area contributed by atoms with Crippen LogP contribution >= 0.6 is 7.60 Å². The Hall–Kier alpha value is 0.430. The molecule has 7 nitrogen and oxygen atoms in total. The minimum atomic E-state index is -6.29. The maximum absolute atomic E-state index is 14.0. The minimum Gasteiger partial charge on any atom is -0.807 e. The average Bonchev–Trinajstić information content (AvgIpc) is 3.06. The molecule has 0 unspecified atom stereocenters. The maximum Gasteiger partial charge on any atom is 1.00 e. The van der Waals surface area contributed by atoms with Gasteiger partial charge in [-0.2, -0.15) is 0 Å². The zero-order valence-electron chi connectivity index (χ0n) is 33.7. The molecule has 0 aromatic rings. The van der Waals surface area contributed by atoms with Crippen molar-refractivity contribution in [3.05, 3.63) is 24.3 Å². The quantitative estimate of drug-likeness (QED) is 0.0275. The molecule has 0 aromatic heterocycles. The first kappa shape index (κ1) is 56.8. The Labute approximate surface area is 360 Å². The molecule has 0 aliphatic carbocycles. The molecule has 0 saturated heterocycles.